The smallest absolute Gasteiger partial charge is 0.325 e. The Bertz CT molecular complexity index is 1120. The molecule has 0 bridgehead atoms. The van der Waals surface area contributed by atoms with Gasteiger partial charge in [0.2, 0.25) is 5.91 Å². The van der Waals surface area contributed by atoms with Gasteiger partial charge in [0, 0.05) is 11.8 Å². The van der Waals surface area contributed by atoms with Gasteiger partial charge < -0.3 is 15.2 Å². The van der Waals surface area contributed by atoms with E-state index in [9.17, 15) is 19.5 Å². The summed E-state index contributed by atoms with van der Waals surface area (Å²) in [6.45, 7) is 20.8. The second kappa shape index (κ2) is 11.0. The summed E-state index contributed by atoms with van der Waals surface area (Å²) in [5, 5.41) is 12.5. The van der Waals surface area contributed by atoms with Gasteiger partial charge in [0.15, 0.2) is 0 Å². The summed E-state index contributed by atoms with van der Waals surface area (Å²) >= 11 is 0. The van der Waals surface area contributed by atoms with Crippen molar-refractivity contribution in [3.8, 4) is 0 Å². The molecular weight excluding hydrogens is 538 g/mol. The third-order valence-corrected chi connectivity index (χ3v) is 15.2. The Morgan fingerprint density at radius 3 is 2.16 bits per heavy atom. The lowest BCUT2D eigenvalue weighted by Crippen LogP contribution is -2.67. The topological polar surface area (TPSA) is 92.7 Å². The third-order valence-electron chi connectivity index (χ3n) is 15.2. The highest BCUT2D eigenvalue weighted by Gasteiger charge is 2.72. The summed E-state index contributed by atoms with van der Waals surface area (Å²) < 4.78 is 6.15. The Morgan fingerprint density at radius 2 is 1.53 bits per heavy atom. The Kier molecular flexibility index (Phi) is 8.42. The number of fused-ring (bicyclic) bond motifs is 7. The van der Waals surface area contributed by atoms with Gasteiger partial charge in [-0.15, -0.1) is 0 Å². The highest BCUT2D eigenvalue weighted by molar-refractivity contribution is 5.88. The van der Waals surface area contributed by atoms with Gasteiger partial charge in [-0.1, -0.05) is 55.4 Å². The number of carbonyl (C=O) groups is 3. The van der Waals surface area contributed by atoms with Crippen LogP contribution in [0.15, 0.2) is 0 Å². The average Bonchev–Trinajstić information content (AvgIpc) is 3.32. The van der Waals surface area contributed by atoms with Crippen LogP contribution >= 0.6 is 0 Å². The predicted octanol–water partition coefficient (Wildman–Crippen LogP) is 8.03. The standard InChI is InChI=1S/C37H61NO5/c1-10-11-29(39)43-28-16-17-34(7)26(33(28,5)6)15-18-36(9)27(34)13-12-25-30-24(22(2)3)14-19-37(30,21-20-35(25,36)8)32(42)38-23(4)31(40)41/h22-28,30H,10-21H2,1-9H3,(H,38,42)(H,40,41)/t23-,24-,25?,26-,27+,28+,30-,34-,35+,36+,37-/m0/s1. The number of carboxylic acids is 1. The number of hydrogen-bond acceptors (Lipinski definition) is 4. The molecule has 0 aromatic heterocycles. The van der Waals surface area contributed by atoms with E-state index in [2.05, 4.69) is 53.8 Å². The number of esters is 1. The molecule has 11 atom stereocenters. The molecule has 0 radical (unpaired) electrons. The van der Waals surface area contributed by atoms with E-state index in [0.29, 0.717) is 41.9 Å². The predicted molar refractivity (Wildman–Crippen MR) is 169 cm³/mol. The quantitative estimate of drug-likeness (QED) is 0.289. The van der Waals surface area contributed by atoms with Crippen molar-refractivity contribution in [2.75, 3.05) is 0 Å². The zero-order valence-electron chi connectivity index (χ0n) is 28.7. The molecule has 2 N–H and O–H groups in total. The molecule has 0 heterocycles. The number of rotatable bonds is 7. The number of aliphatic carboxylic acids is 1. The monoisotopic (exact) mass is 599 g/mol. The van der Waals surface area contributed by atoms with Crippen molar-refractivity contribution in [1.82, 2.24) is 5.32 Å². The molecule has 244 valence electrons. The minimum atomic E-state index is -0.962. The van der Waals surface area contributed by atoms with Gasteiger partial charge in [0.25, 0.3) is 0 Å². The lowest BCUT2D eigenvalue weighted by atomic mass is 9.32. The number of nitrogens with one attached hydrogen (secondary N) is 1. The fourth-order valence-corrected chi connectivity index (χ4v) is 12.8. The first-order valence-corrected chi connectivity index (χ1v) is 17.7. The van der Waals surface area contributed by atoms with E-state index in [1.54, 1.807) is 6.92 Å². The van der Waals surface area contributed by atoms with E-state index in [0.717, 1.165) is 51.4 Å². The van der Waals surface area contributed by atoms with Crippen molar-refractivity contribution in [3.63, 3.8) is 0 Å². The van der Waals surface area contributed by atoms with E-state index < -0.39 is 17.4 Å². The molecule has 6 heteroatoms. The molecular formula is C37H61NO5. The van der Waals surface area contributed by atoms with Crippen molar-refractivity contribution >= 4 is 17.8 Å². The summed E-state index contributed by atoms with van der Waals surface area (Å²) in [7, 11) is 0. The number of carboxylic acid groups (broad SMARTS) is 1. The van der Waals surface area contributed by atoms with Crippen LogP contribution in [0.2, 0.25) is 0 Å². The molecule has 5 saturated carbocycles. The van der Waals surface area contributed by atoms with Gasteiger partial charge in [-0.25, -0.2) is 0 Å². The molecule has 5 aliphatic carbocycles. The molecule has 6 nitrogen and oxygen atoms in total. The molecule has 5 rings (SSSR count). The summed E-state index contributed by atoms with van der Waals surface area (Å²) in [5.41, 5.74) is 0.0286. The molecule has 0 saturated heterocycles. The first-order chi connectivity index (χ1) is 20.0. The van der Waals surface area contributed by atoms with Gasteiger partial charge in [-0.05, 0) is 129 Å². The maximum absolute atomic E-state index is 14.1. The van der Waals surface area contributed by atoms with Crippen LogP contribution in [-0.4, -0.2) is 35.1 Å². The largest absolute Gasteiger partial charge is 0.480 e. The van der Waals surface area contributed by atoms with Crippen molar-refractivity contribution in [1.29, 1.82) is 0 Å². The minimum Gasteiger partial charge on any atom is -0.480 e. The van der Waals surface area contributed by atoms with Gasteiger partial charge >= 0.3 is 11.9 Å². The highest BCUT2D eigenvalue weighted by atomic mass is 16.5. The fraction of sp³-hybridized carbons (Fsp3) is 0.919. The molecule has 0 aromatic rings. The second-order valence-corrected chi connectivity index (χ2v) is 17.4. The maximum Gasteiger partial charge on any atom is 0.325 e. The summed E-state index contributed by atoms with van der Waals surface area (Å²) in [5.74, 6) is 1.91. The summed E-state index contributed by atoms with van der Waals surface area (Å²) in [6, 6.07) is -0.864. The van der Waals surface area contributed by atoms with E-state index in [4.69, 9.17) is 4.74 Å². The van der Waals surface area contributed by atoms with Crippen LogP contribution in [0.25, 0.3) is 0 Å². The average molecular weight is 600 g/mol. The molecule has 1 amide bonds. The van der Waals surface area contributed by atoms with Gasteiger partial charge in [-0.3, -0.25) is 14.4 Å². The van der Waals surface area contributed by atoms with Crippen molar-refractivity contribution < 1.29 is 24.2 Å². The number of carbonyl (C=O) groups excluding carboxylic acids is 2. The maximum atomic E-state index is 14.1. The van der Waals surface area contributed by atoms with Gasteiger partial charge in [0.1, 0.15) is 12.1 Å². The summed E-state index contributed by atoms with van der Waals surface area (Å²) in [6.07, 6.45) is 12.0. The molecule has 0 aliphatic heterocycles. The molecule has 0 spiro atoms. The SMILES string of the molecule is CCCC(=O)O[C@@H]1CC[C@]2(C)[C@H]3CCC4[C@@H]5[C@H](C(C)C)CC[C@]5(C(=O)N[C@@H](C)C(=O)O)CC[C@@]4(C)[C@]3(C)CC[C@H]2C1(C)C. The normalized spacial score (nSPS) is 45.6. The minimum absolute atomic E-state index is 0.00163. The van der Waals surface area contributed by atoms with Gasteiger partial charge in [-0.2, -0.15) is 0 Å². The van der Waals surface area contributed by atoms with Crippen molar-refractivity contribution in [2.24, 2.45) is 62.6 Å². The first kappa shape index (κ1) is 32.8. The van der Waals surface area contributed by atoms with Crippen molar-refractivity contribution in [2.45, 2.75) is 152 Å². The van der Waals surface area contributed by atoms with Gasteiger partial charge in [0.05, 0.1) is 5.41 Å². The molecule has 5 aliphatic rings. The zero-order chi connectivity index (χ0) is 31.8. The van der Waals surface area contributed by atoms with E-state index >= 15 is 0 Å². The Balaban J connectivity index is 1.47. The molecule has 1 unspecified atom stereocenters. The van der Waals surface area contributed by atoms with Crippen LogP contribution in [0.1, 0.15) is 139 Å². The van der Waals surface area contributed by atoms with E-state index in [1.165, 1.54) is 19.3 Å². The van der Waals surface area contributed by atoms with Crippen LogP contribution in [0.4, 0.5) is 0 Å². The first-order valence-electron chi connectivity index (χ1n) is 17.7. The molecule has 5 fully saturated rings. The van der Waals surface area contributed by atoms with Crippen LogP contribution in [-0.2, 0) is 19.1 Å². The number of hydrogen-bond donors (Lipinski definition) is 2. The van der Waals surface area contributed by atoms with E-state index in [1.807, 2.05) is 6.92 Å². The zero-order valence-corrected chi connectivity index (χ0v) is 28.7. The summed E-state index contributed by atoms with van der Waals surface area (Å²) in [4.78, 5) is 38.4. The lowest BCUT2D eigenvalue weighted by Gasteiger charge is -2.73. The Hall–Kier alpha value is -1.59. The van der Waals surface area contributed by atoms with Crippen LogP contribution < -0.4 is 5.32 Å². The lowest BCUT2D eigenvalue weighted by molar-refractivity contribution is -0.250. The van der Waals surface area contributed by atoms with E-state index in [-0.39, 0.29) is 39.6 Å². The third kappa shape index (κ3) is 4.72. The molecule has 43 heavy (non-hydrogen) atoms. The second-order valence-electron chi connectivity index (χ2n) is 17.4. The fourth-order valence-electron chi connectivity index (χ4n) is 12.8. The molecule has 0 aromatic carbocycles. The van der Waals surface area contributed by atoms with Crippen molar-refractivity contribution in [3.05, 3.63) is 0 Å². The highest BCUT2D eigenvalue weighted by Crippen LogP contribution is 2.77. The Labute approximate surface area is 261 Å². The van der Waals surface area contributed by atoms with Crippen LogP contribution in [0.5, 0.6) is 0 Å². The number of amides is 1. The van der Waals surface area contributed by atoms with Crippen LogP contribution in [0, 0.1) is 62.6 Å². The Morgan fingerprint density at radius 1 is 0.837 bits per heavy atom. The number of ether oxygens (including phenoxy) is 1. The van der Waals surface area contributed by atoms with Crippen LogP contribution in [0.3, 0.4) is 0 Å².